The quantitative estimate of drug-likeness (QED) is 0.559. The van der Waals surface area contributed by atoms with E-state index in [-0.39, 0.29) is 0 Å². The Balaban J connectivity index is 1.62. The molecule has 25 heavy (non-hydrogen) atoms. The molecule has 0 unspecified atom stereocenters. The van der Waals surface area contributed by atoms with Crippen LogP contribution in [-0.2, 0) is 13.5 Å². The summed E-state index contributed by atoms with van der Waals surface area (Å²) in [5, 5.41) is 12.7. The lowest BCUT2D eigenvalue weighted by molar-refractivity contribution is 0.385. The van der Waals surface area contributed by atoms with Crippen LogP contribution < -0.4 is 4.74 Å². The highest BCUT2D eigenvalue weighted by Gasteiger charge is 2.13. The average molecular weight is 356 g/mol. The zero-order valence-corrected chi connectivity index (χ0v) is 14.4. The number of benzene rings is 2. The molecule has 126 valence electrons. The second-order valence-corrected chi connectivity index (χ2v) is 5.97. The second kappa shape index (κ2) is 6.18. The van der Waals surface area contributed by atoms with Gasteiger partial charge in [-0.05, 0) is 35.9 Å². The van der Waals surface area contributed by atoms with Gasteiger partial charge >= 0.3 is 0 Å². The van der Waals surface area contributed by atoms with Gasteiger partial charge in [-0.2, -0.15) is 4.98 Å². The Labute approximate surface area is 148 Å². The number of hydrogen-bond donors (Lipinski definition) is 0. The van der Waals surface area contributed by atoms with Crippen molar-refractivity contribution in [1.29, 1.82) is 0 Å². The fourth-order valence-corrected chi connectivity index (χ4v) is 2.81. The predicted molar refractivity (Wildman–Crippen MR) is 92.6 cm³/mol. The van der Waals surface area contributed by atoms with E-state index in [0.717, 1.165) is 22.2 Å². The first-order valence-corrected chi connectivity index (χ1v) is 7.96. The molecule has 8 heteroatoms. The van der Waals surface area contributed by atoms with E-state index in [0.29, 0.717) is 28.9 Å². The molecule has 2 aromatic carbocycles. The molecule has 0 aliphatic carbocycles. The summed E-state index contributed by atoms with van der Waals surface area (Å²) >= 11 is 6.27. The van der Waals surface area contributed by atoms with Crippen LogP contribution in [0.25, 0.3) is 22.4 Å². The van der Waals surface area contributed by atoms with Crippen molar-refractivity contribution in [3.8, 4) is 17.1 Å². The Morgan fingerprint density at radius 2 is 2.08 bits per heavy atom. The van der Waals surface area contributed by atoms with E-state index in [1.165, 1.54) is 0 Å². The number of aromatic nitrogens is 5. The van der Waals surface area contributed by atoms with Gasteiger partial charge in [-0.25, -0.2) is 4.68 Å². The Hall–Kier alpha value is -2.93. The van der Waals surface area contributed by atoms with E-state index in [1.807, 2.05) is 37.4 Å². The van der Waals surface area contributed by atoms with Crippen molar-refractivity contribution >= 4 is 22.6 Å². The van der Waals surface area contributed by atoms with E-state index in [9.17, 15) is 0 Å². The van der Waals surface area contributed by atoms with Gasteiger partial charge in [0.25, 0.3) is 0 Å². The van der Waals surface area contributed by atoms with Crippen molar-refractivity contribution in [3.63, 3.8) is 0 Å². The van der Waals surface area contributed by atoms with Gasteiger partial charge in [-0.15, -0.1) is 5.10 Å². The smallest absolute Gasteiger partial charge is 0.231 e. The van der Waals surface area contributed by atoms with Crippen LogP contribution in [0.3, 0.4) is 0 Å². The van der Waals surface area contributed by atoms with E-state index >= 15 is 0 Å². The summed E-state index contributed by atoms with van der Waals surface area (Å²) in [7, 11) is 3.44. The van der Waals surface area contributed by atoms with Gasteiger partial charge in [-0.3, -0.25) is 0 Å². The van der Waals surface area contributed by atoms with Gasteiger partial charge in [0.05, 0.1) is 19.0 Å². The first-order valence-electron chi connectivity index (χ1n) is 7.59. The summed E-state index contributed by atoms with van der Waals surface area (Å²) in [5.74, 6) is 1.71. The molecule has 0 bridgehead atoms. The van der Waals surface area contributed by atoms with E-state index in [2.05, 4.69) is 20.5 Å². The van der Waals surface area contributed by atoms with Crippen LogP contribution in [0.2, 0.25) is 5.02 Å². The standard InChI is InChI=1S/C17H14ClN5O2/c1-23-15-7-11(4-6-14(15)20-22-23)17-19-16(25-21-17)8-10-3-5-12(24-2)9-13(10)18/h3-7,9H,8H2,1-2H3. The predicted octanol–water partition coefficient (Wildman–Crippen LogP) is 3.27. The maximum atomic E-state index is 6.27. The number of rotatable bonds is 4. The third-order valence-corrected chi connectivity index (χ3v) is 4.29. The molecule has 7 nitrogen and oxygen atoms in total. The highest BCUT2D eigenvalue weighted by Crippen LogP contribution is 2.25. The van der Waals surface area contributed by atoms with Crippen molar-refractivity contribution < 1.29 is 9.26 Å². The summed E-state index contributed by atoms with van der Waals surface area (Å²) in [6.07, 6.45) is 0.450. The number of hydrogen-bond acceptors (Lipinski definition) is 6. The second-order valence-electron chi connectivity index (χ2n) is 5.56. The van der Waals surface area contributed by atoms with Crippen molar-refractivity contribution in [3.05, 3.63) is 52.9 Å². The van der Waals surface area contributed by atoms with Crippen LogP contribution in [-0.4, -0.2) is 32.2 Å². The van der Waals surface area contributed by atoms with Crippen LogP contribution >= 0.6 is 11.6 Å². The number of nitrogens with zero attached hydrogens (tertiary/aromatic N) is 5. The molecule has 4 rings (SSSR count). The number of ether oxygens (including phenoxy) is 1. The van der Waals surface area contributed by atoms with Gasteiger partial charge in [0.2, 0.25) is 11.7 Å². The van der Waals surface area contributed by atoms with Crippen molar-refractivity contribution in [2.45, 2.75) is 6.42 Å². The molecule has 0 fully saturated rings. The highest BCUT2D eigenvalue weighted by atomic mass is 35.5. The van der Waals surface area contributed by atoms with Crippen LogP contribution in [0, 0.1) is 0 Å². The Kier molecular flexibility index (Phi) is 3.85. The summed E-state index contributed by atoms with van der Waals surface area (Å²) in [6, 6.07) is 11.2. The number of halogens is 1. The van der Waals surface area contributed by atoms with Gasteiger partial charge in [0, 0.05) is 17.6 Å². The Morgan fingerprint density at radius 1 is 1.20 bits per heavy atom. The molecule has 0 atom stereocenters. The fraction of sp³-hybridized carbons (Fsp3) is 0.176. The van der Waals surface area contributed by atoms with Gasteiger partial charge in [-0.1, -0.05) is 28.0 Å². The third kappa shape index (κ3) is 2.94. The van der Waals surface area contributed by atoms with E-state index in [1.54, 1.807) is 17.9 Å². The summed E-state index contributed by atoms with van der Waals surface area (Å²) in [4.78, 5) is 4.46. The van der Waals surface area contributed by atoms with Crippen LogP contribution in [0.4, 0.5) is 0 Å². The van der Waals surface area contributed by atoms with Crippen LogP contribution in [0.1, 0.15) is 11.5 Å². The normalized spacial score (nSPS) is 11.2. The lowest BCUT2D eigenvalue weighted by Crippen LogP contribution is -1.92. The van der Waals surface area contributed by atoms with Crippen molar-refractivity contribution in [2.24, 2.45) is 7.05 Å². The monoisotopic (exact) mass is 355 g/mol. The highest BCUT2D eigenvalue weighted by molar-refractivity contribution is 6.31. The molecule has 0 aliphatic rings. The molecule has 0 spiro atoms. The molecule has 2 aromatic heterocycles. The average Bonchev–Trinajstić information content (AvgIpc) is 3.23. The molecule has 0 radical (unpaired) electrons. The van der Waals surface area contributed by atoms with Gasteiger partial charge in [0.15, 0.2) is 0 Å². The summed E-state index contributed by atoms with van der Waals surface area (Å²) < 4.78 is 12.2. The maximum absolute atomic E-state index is 6.27. The topological polar surface area (TPSA) is 78.9 Å². The maximum Gasteiger partial charge on any atom is 0.231 e. The zero-order chi connectivity index (χ0) is 17.4. The molecular weight excluding hydrogens is 342 g/mol. The first kappa shape index (κ1) is 15.6. The number of fused-ring (bicyclic) bond motifs is 1. The fourth-order valence-electron chi connectivity index (χ4n) is 2.57. The molecule has 0 aliphatic heterocycles. The van der Waals surface area contributed by atoms with Crippen LogP contribution in [0.15, 0.2) is 40.9 Å². The van der Waals surface area contributed by atoms with Gasteiger partial charge < -0.3 is 9.26 Å². The largest absolute Gasteiger partial charge is 0.497 e. The molecule has 4 aromatic rings. The van der Waals surface area contributed by atoms with Crippen LogP contribution in [0.5, 0.6) is 5.75 Å². The SMILES string of the molecule is COc1ccc(Cc2nc(-c3ccc4nnn(C)c4c3)no2)c(Cl)c1. The summed E-state index contributed by atoms with van der Waals surface area (Å²) in [6.45, 7) is 0. The molecule has 0 saturated heterocycles. The molecular formula is C17H14ClN5O2. The molecule has 0 saturated carbocycles. The first-order chi connectivity index (χ1) is 12.1. The number of aryl methyl sites for hydroxylation is 1. The number of methoxy groups -OCH3 is 1. The van der Waals surface area contributed by atoms with Crippen molar-refractivity contribution in [2.75, 3.05) is 7.11 Å². The minimum Gasteiger partial charge on any atom is -0.497 e. The lowest BCUT2D eigenvalue weighted by Gasteiger charge is -2.04. The van der Waals surface area contributed by atoms with E-state index in [4.69, 9.17) is 20.9 Å². The lowest BCUT2D eigenvalue weighted by atomic mass is 10.1. The molecule has 0 amide bonds. The zero-order valence-electron chi connectivity index (χ0n) is 13.6. The Morgan fingerprint density at radius 3 is 2.88 bits per heavy atom. The summed E-state index contributed by atoms with van der Waals surface area (Å²) in [5.41, 5.74) is 3.46. The minimum atomic E-state index is 0.450. The minimum absolute atomic E-state index is 0.450. The molecule has 0 N–H and O–H groups in total. The Bertz CT molecular complexity index is 1060. The molecule has 2 heterocycles. The third-order valence-electron chi connectivity index (χ3n) is 3.94. The van der Waals surface area contributed by atoms with E-state index < -0.39 is 0 Å². The van der Waals surface area contributed by atoms with Gasteiger partial charge in [0.1, 0.15) is 11.3 Å². The van der Waals surface area contributed by atoms with Crippen molar-refractivity contribution in [1.82, 2.24) is 25.1 Å².